The van der Waals surface area contributed by atoms with Crippen LogP contribution in [0.5, 0.6) is 0 Å². The van der Waals surface area contributed by atoms with Gasteiger partial charge in [-0.25, -0.2) is 4.68 Å². The molecule has 0 saturated heterocycles. The Morgan fingerprint density at radius 2 is 2.06 bits per heavy atom. The summed E-state index contributed by atoms with van der Waals surface area (Å²) >= 11 is 3.38. The SMILES string of the molecule is CC(CN)c1ccc(-n2cc(Br)cn2)cc1. The van der Waals surface area contributed by atoms with Crippen LogP contribution in [0, 0.1) is 0 Å². The first-order chi connectivity index (χ1) is 7.70. The zero-order valence-corrected chi connectivity index (χ0v) is 10.7. The van der Waals surface area contributed by atoms with E-state index < -0.39 is 0 Å². The molecule has 0 radical (unpaired) electrons. The van der Waals surface area contributed by atoms with E-state index in [1.165, 1.54) is 5.56 Å². The van der Waals surface area contributed by atoms with Gasteiger partial charge >= 0.3 is 0 Å². The first kappa shape index (κ1) is 11.4. The Morgan fingerprint density at radius 1 is 1.38 bits per heavy atom. The van der Waals surface area contributed by atoms with Gasteiger partial charge in [-0.2, -0.15) is 5.10 Å². The molecule has 1 heterocycles. The normalized spacial score (nSPS) is 12.7. The summed E-state index contributed by atoms with van der Waals surface area (Å²) in [6.07, 6.45) is 3.71. The summed E-state index contributed by atoms with van der Waals surface area (Å²) < 4.78 is 2.81. The van der Waals surface area contributed by atoms with Gasteiger partial charge in [-0.1, -0.05) is 19.1 Å². The van der Waals surface area contributed by atoms with Crippen molar-refractivity contribution in [3.63, 3.8) is 0 Å². The summed E-state index contributed by atoms with van der Waals surface area (Å²) in [4.78, 5) is 0. The number of hydrogen-bond acceptors (Lipinski definition) is 2. The summed E-state index contributed by atoms with van der Waals surface area (Å²) in [7, 11) is 0. The van der Waals surface area contributed by atoms with Crippen LogP contribution in [0.2, 0.25) is 0 Å². The Labute approximate surface area is 103 Å². The molecule has 2 N–H and O–H groups in total. The van der Waals surface area contributed by atoms with Crippen molar-refractivity contribution in [2.24, 2.45) is 5.73 Å². The van der Waals surface area contributed by atoms with Crippen molar-refractivity contribution < 1.29 is 0 Å². The van der Waals surface area contributed by atoms with Crippen molar-refractivity contribution in [1.29, 1.82) is 0 Å². The van der Waals surface area contributed by atoms with Gasteiger partial charge in [-0.15, -0.1) is 0 Å². The maximum atomic E-state index is 5.63. The molecule has 2 aromatic rings. The van der Waals surface area contributed by atoms with Gasteiger partial charge in [-0.3, -0.25) is 0 Å². The molecular formula is C12H14BrN3. The quantitative estimate of drug-likeness (QED) is 0.939. The van der Waals surface area contributed by atoms with Gasteiger partial charge in [0, 0.05) is 6.20 Å². The molecule has 1 atom stereocenters. The predicted octanol–water partition coefficient (Wildman–Crippen LogP) is 2.70. The lowest BCUT2D eigenvalue weighted by Gasteiger charge is -2.09. The highest BCUT2D eigenvalue weighted by atomic mass is 79.9. The molecule has 0 fully saturated rings. The van der Waals surface area contributed by atoms with Crippen molar-refractivity contribution >= 4 is 15.9 Å². The van der Waals surface area contributed by atoms with Crippen LogP contribution in [-0.4, -0.2) is 16.3 Å². The Morgan fingerprint density at radius 3 is 2.56 bits per heavy atom. The standard InChI is InChI=1S/C12H14BrN3/c1-9(6-14)10-2-4-12(5-3-10)16-8-11(13)7-15-16/h2-5,7-9H,6,14H2,1H3. The van der Waals surface area contributed by atoms with E-state index in [9.17, 15) is 0 Å². The monoisotopic (exact) mass is 279 g/mol. The van der Waals surface area contributed by atoms with Crippen LogP contribution in [0.4, 0.5) is 0 Å². The van der Waals surface area contributed by atoms with E-state index in [1.54, 1.807) is 6.20 Å². The van der Waals surface area contributed by atoms with Crippen LogP contribution in [-0.2, 0) is 0 Å². The summed E-state index contributed by atoms with van der Waals surface area (Å²) in [6, 6.07) is 8.31. The molecule has 16 heavy (non-hydrogen) atoms. The average molecular weight is 280 g/mol. The van der Waals surface area contributed by atoms with Gasteiger partial charge in [0.2, 0.25) is 0 Å². The second kappa shape index (κ2) is 4.80. The zero-order valence-electron chi connectivity index (χ0n) is 9.10. The molecular weight excluding hydrogens is 266 g/mol. The van der Waals surface area contributed by atoms with Crippen molar-refractivity contribution in [3.05, 3.63) is 46.7 Å². The average Bonchev–Trinajstić information content (AvgIpc) is 2.75. The largest absolute Gasteiger partial charge is 0.330 e. The number of benzene rings is 1. The molecule has 1 unspecified atom stereocenters. The summed E-state index contributed by atoms with van der Waals surface area (Å²) in [5.41, 5.74) is 7.95. The van der Waals surface area contributed by atoms with Crippen LogP contribution in [0.3, 0.4) is 0 Å². The maximum Gasteiger partial charge on any atom is 0.0646 e. The second-order valence-corrected chi connectivity index (χ2v) is 4.75. The molecule has 4 heteroatoms. The van der Waals surface area contributed by atoms with Gasteiger partial charge in [-0.05, 0) is 46.1 Å². The van der Waals surface area contributed by atoms with E-state index in [-0.39, 0.29) is 0 Å². The summed E-state index contributed by atoms with van der Waals surface area (Å²) in [5.74, 6) is 0.401. The molecule has 3 nitrogen and oxygen atoms in total. The third-order valence-corrected chi connectivity index (χ3v) is 3.04. The van der Waals surface area contributed by atoms with Gasteiger partial charge in [0.05, 0.1) is 16.4 Å². The van der Waals surface area contributed by atoms with Gasteiger partial charge < -0.3 is 5.73 Å². The van der Waals surface area contributed by atoms with E-state index >= 15 is 0 Å². The van der Waals surface area contributed by atoms with E-state index in [1.807, 2.05) is 10.9 Å². The Kier molecular flexibility index (Phi) is 3.41. The van der Waals surface area contributed by atoms with Crippen LogP contribution >= 0.6 is 15.9 Å². The molecule has 2 rings (SSSR count). The highest BCUT2D eigenvalue weighted by Gasteiger charge is 2.03. The number of rotatable bonds is 3. The minimum atomic E-state index is 0.401. The third kappa shape index (κ3) is 2.33. The Bertz CT molecular complexity index is 461. The van der Waals surface area contributed by atoms with Crippen molar-refractivity contribution in [3.8, 4) is 5.69 Å². The van der Waals surface area contributed by atoms with E-state index in [0.717, 1.165) is 10.2 Å². The van der Waals surface area contributed by atoms with Crippen LogP contribution < -0.4 is 5.73 Å². The number of aromatic nitrogens is 2. The van der Waals surface area contributed by atoms with Crippen LogP contribution in [0.25, 0.3) is 5.69 Å². The summed E-state index contributed by atoms with van der Waals surface area (Å²) in [6.45, 7) is 2.80. The van der Waals surface area contributed by atoms with Gasteiger partial charge in [0.15, 0.2) is 0 Å². The van der Waals surface area contributed by atoms with Gasteiger partial charge in [0.25, 0.3) is 0 Å². The molecule has 84 valence electrons. The number of halogens is 1. The molecule has 1 aromatic heterocycles. The Balaban J connectivity index is 2.25. The lowest BCUT2D eigenvalue weighted by Crippen LogP contribution is -2.08. The van der Waals surface area contributed by atoms with Crippen molar-refractivity contribution in [2.45, 2.75) is 12.8 Å². The van der Waals surface area contributed by atoms with E-state index in [2.05, 4.69) is 52.2 Å². The van der Waals surface area contributed by atoms with Crippen molar-refractivity contribution in [2.75, 3.05) is 6.54 Å². The topological polar surface area (TPSA) is 43.8 Å². The fourth-order valence-corrected chi connectivity index (χ4v) is 1.82. The fourth-order valence-electron chi connectivity index (χ4n) is 1.53. The molecule has 0 aliphatic heterocycles. The number of nitrogens with zero attached hydrogens (tertiary/aromatic N) is 2. The predicted molar refractivity (Wildman–Crippen MR) is 68.7 cm³/mol. The Hall–Kier alpha value is -1.13. The third-order valence-electron chi connectivity index (χ3n) is 2.63. The zero-order chi connectivity index (χ0) is 11.5. The highest BCUT2D eigenvalue weighted by molar-refractivity contribution is 9.10. The fraction of sp³-hybridized carbons (Fsp3) is 0.250. The smallest absolute Gasteiger partial charge is 0.0646 e. The minimum absolute atomic E-state index is 0.401. The molecule has 1 aromatic carbocycles. The molecule has 0 aliphatic carbocycles. The maximum absolute atomic E-state index is 5.63. The molecule has 0 bridgehead atoms. The molecule has 0 amide bonds. The minimum Gasteiger partial charge on any atom is -0.330 e. The van der Waals surface area contributed by atoms with Gasteiger partial charge in [0.1, 0.15) is 0 Å². The molecule has 0 aliphatic rings. The number of hydrogen-bond donors (Lipinski definition) is 1. The second-order valence-electron chi connectivity index (χ2n) is 3.83. The van der Waals surface area contributed by atoms with Crippen LogP contribution in [0.1, 0.15) is 18.4 Å². The lowest BCUT2D eigenvalue weighted by molar-refractivity contribution is 0.772. The summed E-state index contributed by atoms with van der Waals surface area (Å²) in [5, 5.41) is 4.23. The van der Waals surface area contributed by atoms with E-state index in [0.29, 0.717) is 12.5 Å². The first-order valence-corrected chi connectivity index (χ1v) is 6.00. The highest BCUT2D eigenvalue weighted by Crippen LogP contribution is 2.17. The van der Waals surface area contributed by atoms with Crippen molar-refractivity contribution in [1.82, 2.24) is 9.78 Å². The molecule has 0 spiro atoms. The molecule has 0 saturated carbocycles. The van der Waals surface area contributed by atoms with E-state index in [4.69, 9.17) is 5.73 Å². The first-order valence-electron chi connectivity index (χ1n) is 5.21. The lowest BCUT2D eigenvalue weighted by atomic mass is 10.0. The number of nitrogens with two attached hydrogens (primary N) is 1. The van der Waals surface area contributed by atoms with Crippen LogP contribution in [0.15, 0.2) is 41.1 Å².